The van der Waals surface area contributed by atoms with Gasteiger partial charge in [0.1, 0.15) is 0 Å². The molecule has 1 aliphatic rings. The second-order valence-electron chi connectivity index (χ2n) is 7.72. The van der Waals surface area contributed by atoms with E-state index in [0.717, 1.165) is 6.42 Å². The molecule has 0 radical (unpaired) electrons. The number of halogens is 2. The van der Waals surface area contributed by atoms with E-state index in [2.05, 4.69) is 77.1 Å². The Morgan fingerprint density at radius 3 is 2.15 bits per heavy atom. The Hall–Kier alpha value is -0.357. The van der Waals surface area contributed by atoms with E-state index < -0.39 is 19.4 Å². The third kappa shape index (κ3) is 3.65. The van der Waals surface area contributed by atoms with E-state index in [-0.39, 0.29) is 0 Å². The molecule has 0 bridgehead atoms. The topological polar surface area (TPSA) is 0 Å². The van der Waals surface area contributed by atoms with Crippen molar-refractivity contribution >= 4 is 23.1 Å². The molecule has 2 aromatic carbocycles. The first kappa shape index (κ1) is 20.4. The molecular formula is C23H27Cl2Zr. The fraction of sp³-hybridized carbons (Fsp3) is 0.391. The molecule has 137 valence electrons. The molecule has 2 aromatic rings. The van der Waals surface area contributed by atoms with Gasteiger partial charge in [-0.2, -0.15) is 0 Å². The normalized spacial score (nSPS) is 16.2. The Labute approximate surface area is 173 Å². The molecule has 3 heteroatoms. The maximum absolute atomic E-state index is 6.59. The van der Waals surface area contributed by atoms with Crippen molar-refractivity contribution < 1.29 is 19.4 Å². The van der Waals surface area contributed by atoms with Crippen LogP contribution in [0.1, 0.15) is 78.8 Å². The zero-order valence-corrected chi connectivity index (χ0v) is 20.2. The van der Waals surface area contributed by atoms with Gasteiger partial charge in [-0.15, -0.1) is 0 Å². The van der Waals surface area contributed by atoms with Gasteiger partial charge in [0.15, 0.2) is 0 Å². The van der Waals surface area contributed by atoms with Crippen molar-refractivity contribution in [3.8, 4) is 11.1 Å². The molecule has 0 aliphatic heterocycles. The maximum atomic E-state index is 6.59. The van der Waals surface area contributed by atoms with Crippen LogP contribution in [0, 0.1) is 0 Å². The fourth-order valence-corrected chi connectivity index (χ4v) is 9.74. The van der Waals surface area contributed by atoms with E-state index in [4.69, 9.17) is 17.0 Å². The van der Waals surface area contributed by atoms with Crippen molar-refractivity contribution in [2.24, 2.45) is 0 Å². The quantitative estimate of drug-likeness (QED) is 0.416. The summed E-state index contributed by atoms with van der Waals surface area (Å²) in [5.74, 6) is 0.958. The Morgan fingerprint density at radius 1 is 0.923 bits per heavy atom. The summed E-state index contributed by atoms with van der Waals surface area (Å²) in [5, 5.41) is 0. The van der Waals surface area contributed by atoms with Crippen LogP contribution in [0.15, 0.2) is 42.0 Å². The van der Waals surface area contributed by atoms with E-state index in [1.54, 1.807) is 0 Å². The van der Waals surface area contributed by atoms with Crippen LogP contribution >= 0.6 is 17.0 Å². The van der Waals surface area contributed by atoms with E-state index >= 15 is 0 Å². The monoisotopic (exact) mass is 463 g/mol. The molecule has 0 spiro atoms. The molecule has 0 N–H and O–H groups in total. The van der Waals surface area contributed by atoms with E-state index in [1.807, 2.05) is 0 Å². The molecular weight excluding hydrogens is 438 g/mol. The zero-order valence-electron chi connectivity index (χ0n) is 16.2. The molecule has 1 atom stereocenters. The van der Waals surface area contributed by atoms with E-state index in [0.29, 0.717) is 15.5 Å². The summed E-state index contributed by atoms with van der Waals surface area (Å²) >= 11 is -2.44. The number of hydrogen-bond acceptors (Lipinski definition) is 0. The molecule has 0 heterocycles. The van der Waals surface area contributed by atoms with Crippen LogP contribution in [-0.4, -0.2) is 0 Å². The molecule has 1 aliphatic carbocycles. The molecule has 0 saturated carbocycles. The summed E-state index contributed by atoms with van der Waals surface area (Å²) in [6, 6.07) is 13.5. The third-order valence-corrected chi connectivity index (χ3v) is 10.8. The van der Waals surface area contributed by atoms with Gasteiger partial charge in [0.25, 0.3) is 0 Å². The average Bonchev–Trinajstić information content (AvgIpc) is 2.99. The second-order valence-corrected chi connectivity index (χ2v) is 16.5. The Bertz CT molecular complexity index is 834. The summed E-state index contributed by atoms with van der Waals surface area (Å²) in [6.07, 6.45) is 3.41. The van der Waals surface area contributed by atoms with Crippen LogP contribution in [-0.2, 0) is 19.4 Å². The minimum atomic E-state index is -2.44. The molecule has 3 rings (SSSR count). The Kier molecular flexibility index (Phi) is 6.54. The van der Waals surface area contributed by atoms with Gasteiger partial charge in [-0.25, -0.2) is 0 Å². The first-order valence-electron chi connectivity index (χ1n) is 9.51. The Morgan fingerprint density at radius 2 is 1.58 bits per heavy atom. The zero-order chi connectivity index (χ0) is 19.0. The summed E-state index contributed by atoms with van der Waals surface area (Å²) < 4.78 is 0.298. The Balaban J connectivity index is 2.35. The molecule has 1 unspecified atom stereocenters. The number of rotatable bonds is 5. The van der Waals surface area contributed by atoms with Crippen molar-refractivity contribution in [3.05, 3.63) is 64.2 Å². The van der Waals surface area contributed by atoms with Gasteiger partial charge in [0.2, 0.25) is 0 Å². The first-order chi connectivity index (χ1) is 12.4. The molecule has 26 heavy (non-hydrogen) atoms. The van der Waals surface area contributed by atoms with Gasteiger partial charge in [-0.1, -0.05) is 0 Å². The second kappa shape index (κ2) is 8.34. The molecule has 0 aromatic heterocycles. The summed E-state index contributed by atoms with van der Waals surface area (Å²) in [6.45, 7) is 11.3. The van der Waals surface area contributed by atoms with Gasteiger partial charge >= 0.3 is 174 Å². The predicted molar refractivity (Wildman–Crippen MR) is 113 cm³/mol. The molecule has 0 nitrogen and oxygen atoms in total. The van der Waals surface area contributed by atoms with Gasteiger partial charge < -0.3 is 0 Å². The first-order valence-corrected chi connectivity index (χ1v) is 17.3. The number of allylic oxidation sites excluding steroid dienone is 1. The standard InChI is InChI=1S/C23H27.2ClH.Zr/c1-6-17-13-18-11-12-20(16(4)5)23(22(18)14-17)21-10-8-7-9-19(21)15(2)3;;;/h7-16H,6H2,1-5H3;2*1H;/q;;;+2/p-2. The van der Waals surface area contributed by atoms with Crippen molar-refractivity contribution in [1.82, 2.24) is 0 Å². The summed E-state index contributed by atoms with van der Waals surface area (Å²) in [7, 11) is 13.2. The van der Waals surface area contributed by atoms with Gasteiger partial charge in [-0.05, 0) is 0 Å². The van der Waals surface area contributed by atoms with Crippen LogP contribution in [0.5, 0.6) is 0 Å². The van der Waals surface area contributed by atoms with Crippen LogP contribution in [0.25, 0.3) is 17.2 Å². The van der Waals surface area contributed by atoms with Crippen LogP contribution in [0.2, 0.25) is 0 Å². The SMILES string of the molecule is CCC1=Cc2c(ccc(C(C)C)c2-c2ccccc2C(C)C)[CH]1[Zr]([Cl])[Cl]. The average molecular weight is 466 g/mol. The molecule has 0 fully saturated rings. The number of fused-ring (bicyclic) bond motifs is 1. The molecule has 0 amide bonds. The van der Waals surface area contributed by atoms with Gasteiger partial charge in [0.05, 0.1) is 0 Å². The van der Waals surface area contributed by atoms with E-state index in [9.17, 15) is 0 Å². The van der Waals surface area contributed by atoms with Crippen molar-refractivity contribution in [1.29, 1.82) is 0 Å². The summed E-state index contributed by atoms with van der Waals surface area (Å²) in [5.41, 5.74) is 9.73. The van der Waals surface area contributed by atoms with Crippen LogP contribution in [0.4, 0.5) is 0 Å². The predicted octanol–water partition coefficient (Wildman–Crippen LogP) is 8.37. The number of hydrogen-bond donors (Lipinski definition) is 0. The van der Waals surface area contributed by atoms with Gasteiger partial charge in [-0.3, -0.25) is 0 Å². The van der Waals surface area contributed by atoms with Crippen molar-refractivity contribution in [2.45, 2.75) is 56.5 Å². The van der Waals surface area contributed by atoms with Crippen molar-refractivity contribution in [2.75, 3.05) is 0 Å². The van der Waals surface area contributed by atoms with Crippen molar-refractivity contribution in [3.63, 3.8) is 0 Å². The van der Waals surface area contributed by atoms with Gasteiger partial charge in [0, 0.05) is 0 Å². The van der Waals surface area contributed by atoms with Crippen LogP contribution in [0.3, 0.4) is 0 Å². The van der Waals surface area contributed by atoms with Crippen LogP contribution < -0.4 is 0 Å². The minimum absolute atomic E-state index is 0.298. The third-order valence-electron chi connectivity index (χ3n) is 5.42. The van der Waals surface area contributed by atoms with E-state index in [1.165, 1.54) is 39.0 Å². The number of benzene rings is 2. The fourth-order valence-electron chi connectivity index (χ4n) is 4.10. The molecule has 0 saturated heterocycles. The summed E-state index contributed by atoms with van der Waals surface area (Å²) in [4.78, 5) is 0.